The first-order valence-corrected chi connectivity index (χ1v) is 7.04. The maximum atomic E-state index is 5.62. The lowest BCUT2D eigenvalue weighted by Crippen LogP contribution is -2.44. The van der Waals surface area contributed by atoms with Gasteiger partial charge >= 0.3 is 0 Å². The van der Waals surface area contributed by atoms with E-state index in [0.717, 1.165) is 37.7 Å². The summed E-state index contributed by atoms with van der Waals surface area (Å²) in [7, 11) is 2.13. The first-order chi connectivity index (χ1) is 10.6. The van der Waals surface area contributed by atoms with Crippen LogP contribution in [0.1, 0.15) is 0 Å². The van der Waals surface area contributed by atoms with Gasteiger partial charge in [0.05, 0.1) is 11.9 Å². The minimum atomic E-state index is 0.201. The van der Waals surface area contributed by atoms with E-state index in [4.69, 9.17) is 11.5 Å². The molecule has 1 saturated heterocycles. The molecule has 1 aromatic rings. The van der Waals surface area contributed by atoms with Crippen LogP contribution in [0, 0.1) is 0 Å². The van der Waals surface area contributed by atoms with Crippen LogP contribution in [0.3, 0.4) is 0 Å². The number of amidine groups is 2. The van der Waals surface area contributed by atoms with Crippen LogP contribution in [0.2, 0.25) is 0 Å². The molecule has 0 saturated carbocycles. The molecular weight excluding hydrogens is 282 g/mol. The molecule has 116 valence electrons. The Morgan fingerprint density at radius 1 is 1.09 bits per heavy atom. The van der Waals surface area contributed by atoms with Gasteiger partial charge in [0, 0.05) is 26.2 Å². The lowest BCUT2D eigenvalue weighted by atomic mass is 10.3. The highest BCUT2D eigenvalue weighted by Crippen LogP contribution is 2.15. The first-order valence-electron chi connectivity index (χ1n) is 7.04. The summed E-state index contributed by atoms with van der Waals surface area (Å²) in [6, 6.07) is 3.89. The molecule has 0 aliphatic carbocycles. The summed E-state index contributed by atoms with van der Waals surface area (Å²) in [6.07, 6.45) is 1.73. The molecule has 9 heteroatoms. The molecule has 0 atom stereocenters. The fourth-order valence-corrected chi connectivity index (χ4v) is 2.24. The highest BCUT2D eigenvalue weighted by molar-refractivity contribution is 6.68. The summed E-state index contributed by atoms with van der Waals surface area (Å²) < 4.78 is 0. The number of nitrogens with one attached hydrogen (secondary N) is 1. The Kier molecular flexibility index (Phi) is 3.88. The molecule has 9 nitrogen and oxygen atoms in total. The number of nitrogens with zero attached hydrogens (tertiary/aromatic N) is 6. The Hall–Kier alpha value is -2.68. The van der Waals surface area contributed by atoms with Gasteiger partial charge in [-0.3, -0.25) is 5.43 Å². The van der Waals surface area contributed by atoms with Gasteiger partial charge in [0.15, 0.2) is 17.4 Å². The van der Waals surface area contributed by atoms with E-state index >= 15 is 0 Å². The molecule has 0 spiro atoms. The van der Waals surface area contributed by atoms with Gasteiger partial charge in [0.25, 0.3) is 0 Å². The minimum absolute atomic E-state index is 0.201. The van der Waals surface area contributed by atoms with Crippen molar-refractivity contribution in [3.8, 4) is 0 Å². The number of aromatic nitrogens is 1. The number of pyridine rings is 1. The number of nitrogens with two attached hydrogens (primary N) is 2. The summed E-state index contributed by atoms with van der Waals surface area (Å²) in [5, 5.41) is 11.4. The summed E-state index contributed by atoms with van der Waals surface area (Å²) in [5.41, 5.74) is 15.2. The number of hydrogen-bond acceptors (Lipinski definition) is 9. The third-order valence-corrected chi connectivity index (χ3v) is 3.62. The van der Waals surface area contributed by atoms with Crippen LogP contribution in [0.4, 0.5) is 11.5 Å². The van der Waals surface area contributed by atoms with Crippen molar-refractivity contribution in [1.29, 1.82) is 0 Å². The number of rotatable bonds is 3. The summed E-state index contributed by atoms with van der Waals surface area (Å²) >= 11 is 0. The molecule has 0 unspecified atom stereocenters. The van der Waals surface area contributed by atoms with E-state index in [2.05, 4.69) is 42.6 Å². The zero-order valence-electron chi connectivity index (χ0n) is 12.4. The number of hydrazone groups is 1. The predicted octanol–water partition coefficient (Wildman–Crippen LogP) is -0.756. The quantitative estimate of drug-likeness (QED) is 0.631. The second-order valence-electron chi connectivity index (χ2n) is 5.24. The van der Waals surface area contributed by atoms with Crippen molar-refractivity contribution in [3.63, 3.8) is 0 Å². The van der Waals surface area contributed by atoms with E-state index in [1.807, 2.05) is 12.1 Å². The van der Waals surface area contributed by atoms with E-state index in [0.29, 0.717) is 5.71 Å². The SMILES string of the molecule is CN1CCN(c2ccc(NN=C3C(N)=NN=C3N)cn2)CC1. The maximum Gasteiger partial charge on any atom is 0.177 e. The average Bonchev–Trinajstić information content (AvgIpc) is 2.85. The van der Waals surface area contributed by atoms with Crippen molar-refractivity contribution in [2.24, 2.45) is 26.8 Å². The van der Waals surface area contributed by atoms with Crippen molar-refractivity contribution in [3.05, 3.63) is 18.3 Å². The minimum Gasteiger partial charge on any atom is -0.380 e. The van der Waals surface area contributed by atoms with Gasteiger partial charge in [-0.05, 0) is 19.2 Å². The molecule has 0 amide bonds. The molecule has 5 N–H and O–H groups in total. The topological polar surface area (TPSA) is 121 Å². The molecular formula is C13H19N9. The Labute approximate surface area is 128 Å². The molecule has 3 rings (SSSR count). The van der Waals surface area contributed by atoms with Gasteiger partial charge in [-0.15, -0.1) is 10.2 Å². The molecule has 2 aliphatic rings. The van der Waals surface area contributed by atoms with Crippen LogP contribution >= 0.6 is 0 Å². The molecule has 2 aliphatic heterocycles. The van der Waals surface area contributed by atoms with Crippen molar-refractivity contribution < 1.29 is 0 Å². The van der Waals surface area contributed by atoms with Gasteiger partial charge in [0.1, 0.15) is 5.82 Å². The third kappa shape index (κ3) is 2.98. The van der Waals surface area contributed by atoms with E-state index < -0.39 is 0 Å². The largest absolute Gasteiger partial charge is 0.380 e. The van der Waals surface area contributed by atoms with Crippen LogP contribution in [0.5, 0.6) is 0 Å². The number of hydrogen-bond donors (Lipinski definition) is 3. The van der Waals surface area contributed by atoms with Crippen LogP contribution in [-0.2, 0) is 0 Å². The number of likely N-dealkylation sites (N-methyl/N-ethyl adjacent to an activating group) is 1. The predicted molar refractivity (Wildman–Crippen MR) is 88.2 cm³/mol. The van der Waals surface area contributed by atoms with Crippen molar-refractivity contribution in [2.45, 2.75) is 0 Å². The van der Waals surface area contributed by atoms with Gasteiger partial charge in [-0.1, -0.05) is 0 Å². The lowest BCUT2D eigenvalue weighted by Gasteiger charge is -2.33. The zero-order chi connectivity index (χ0) is 15.5. The Morgan fingerprint density at radius 3 is 2.36 bits per heavy atom. The van der Waals surface area contributed by atoms with E-state index in [9.17, 15) is 0 Å². The van der Waals surface area contributed by atoms with Crippen LogP contribution < -0.4 is 21.8 Å². The summed E-state index contributed by atoms with van der Waals surface area (Å²) in [6.45, 7) is 4.07. The number of piperazine rings is 1. The van der Waals surface area contributed by atoms with Crippen molar-refractivity contribution in [1.82, 2.24) is 9.88 Å². The van der Waals surface area contributed by atoms with Gasteiger partial charge in [-0.2, -0.15) is 5.10 Å². The fraction of sp³-hybridized carbons (Fsp3) is 0.385. The highest BCUT2D eigenvalue weighted by atomic mass is 15.4. The van der Waals surface area contributed by atoms with Crippen LogP contribution in [0.25, 0.3) is 0 Å². The molecule has 3 heterocycles. The monoisotopic (exact) mass is 301 g/mol. The first kappa shape index (κ1) is 14.3. The lowest BCUT2D eigenvalue weighted by molar-refractivity contribution is 0.312. The second-order valence-corrected chi connectivity index (χ2v) is 5.24. The Morgan fingerprint density at radius 2 is 1.77 bits per heavy atom. The second kappa shape index (κ2) is 5.98. The standard InChI is InChI=1S/C13H19N9/c1-21-4-6-22(7-5-21)10-3-2-9(8-16-10)17-18-11-12(14)19-20-13(11)15/h2-3,8,17H,4-7H2,1H3,(H4,14,15,18,19,20). The van der Waals surface area contributed by atoms with Gasteiger partial charge in [-0.25, -0.2) is 4.98 Å². The summed E-state index contributed by atoms with van der Waals surface area (Å²) in [5.74, 6) is 1.37. The maximum absolute atomic E-state index is 5.62. The van der Waals surface area contributed by atoms with Crippen molar-refractivity contribution in [2.75, 3.05) is 43.6 Å². The van der Waals surface area contributed by atoms with Crippen LogP contribution in [-0.4, -0.2) is 60.5 Å². The summed E-state index contributed by atoms with van der Waals surface area (Å²) in [4.78, 5) is 9.04. The van der Waals surface area contributed by atoms with Crippen LogP contribution in [0.15, 0.2) is 33.6 Å². The Bertz CT molecular complexity index is 603. The molecule has 0 aromatic carbocycles. The molecule has 1 fully saturated rings. The third-order valence-electron chi connectivity index (χ3n) is 3.62. The smallest absolute Gasteiger partial charge is 0.177 e. The average molecular weight is 301 g/mol. The van der Waals surface area contributed by atoms with E-state index in [1.54, 1.807) is 6.20 Å². The Balaban J connectivity index is 1.64. The molecule has 0 bridgehead atoms. The van der Waals surface area contributed by atoms with E-state index in [-0.39, 0.29) is 11.7 Å². The van der Waals surface area contributed by atoms with Gasteiger partial charge in [0.2, 0.25) is 0 Å². The normalized spacial score (nSPS) is 19.0. The molecule has 0 radical (unpaired) electrons. The van der Waals surface area contributed by atoms with E-state index in [1.165, 1.54) is 0 Å². The highest BCUT2D eigenvalue weighted by Gasteiger charge is 2.17. The number of anilines is 2. The molecule has 22 heavy (non-hydrogen) atoms. The fourth-order valence-electron chi connectivity index (χ4n) is 2.24. The zero-order valence-corrected chi connectivity index (χ0v) is 12.4. The van der Waals surface area contributed by atoms with Crippen molar-refractivity contribution >= 4 is 28.9 Å². The van der Waals surface area contributed by atoms with Gasteiger partial charge < -0.3 is 21.3 Å². The molecule has 1 aromatic heterocycles.